The summed E-state index contributed by atoms with van der Waals surface area (Å²) in [6, 6.07) is 25.9. The first-order chi connectivity index (χ1) is 31.7. The standard InChI is InChI=1S/C52H56F3N7O3S/c1-31-33(3)66-50-46(31)48(56-32(2)49-58-57-34(4)62(49)50)36-8-13-39(14-9-36)60-22-20-51(64,21-23-60)30-59-24-26-61(27-25-59)40-15-18-44(45(29-40)65-5)47-42(17-10-37-28-41(63)16-19-43(37)47)35-6-11-38(12-7-35)52(53,54)55/h6-9,11-16,18-19,28-29,32,42,47,63-64H,10,17,20-27,30H2,1-5H3/t32-,42-,47+/m0/s1. The first-order valence-electron chi connectivity index (χ1n) is 23.0. The van der Waals surface area contributed by atoms with Crippen LogP contribution in [0.15, 0.2) is 89.9 Å². The molecule has 4 aliphatic rings. The molecule has 0 unspecified atom stereocenters. The highest BCUT2D eigenvalue weighted by Crippen LogP contribution is 2.50. The second-order valence-corrected chi connectivity index (χ2v) is 19.8. The summed E-state index contributed by atoms with van der Waals surface area (Å²) >= 11 is 1.77. The molecule has 0 bridgehead atoms. The molecule has 0 spiro atoms. The Balaban J connectivity index is 0.784. The lowest BCUT2D eigenvalue weighted by molar-refractivity contribution is -0.137. The van der Waals surface area contributed by atoms with Gasteiger partial charge in [-0.05, 0) is 124 Å². The molecule has 0 amide bonds. The Morgan fingerprint density at radius 2 is 1.50 bits per heavy atom. The number of ether oxygens (including phenoxy) is 1. The lowest BCUT2D eigenvalue weighted by atomic mass is 9.69. The molecular weight excluding hydrogens is 860 g/mol. The molecule has 2 saturated heterocycles. The van der Waals surface area contributed by atoms with E-state index in [2.05, 4.69) is 92.7 Å². The highest BCUT2D eigenvalue weighted by Gasteiger charge is 2.38. The Hall–Kier alpha value is -5.70. The van der Waals surface area contributed by atoms with Crippen LogP contribution >= 0.6 is 11.3 Å². The van der Waals surface area contributed by atoms with Crippen molar-refractivity contribution >= 4 is 28.4 Å². The van der Waals surface area contributed by atoms with Gasteiger partial charge < -0.3 is 24.7 Å². The molecule has 3 atom stereocenters. The minimum absolute atomic E-state index is 0.0822. The van der Waals surface area contributed by atoms with E-state index in [0.29, 0.717) is 25.8 Å². The van der Waals surface area contributed by atoms with E-state index >= 15 is 0 Å². The van der Waals surface area contributed by atoms with Crippen molar-refractivity contribution in [1.29, 1.82) is 0 Å². The van der Waals surface area contributed by atoms with Crippen LogP contribution in [-0.2, 0) is 12.6 Å². The average molecular weight is 916 g/mol. The van der Waals surface area contributed by atoms with Gasteiger partial charge in [0.05, 0.1) is 24.0 Å². The van der Waals surface area contributed by atoms with Gasteiger partial charge in [0, 0.05) is 90.7 Å². The van der Waals surface area contributed by atoms with E-state index in [1.165, 1.54) is 22.6 Å². The summed E-state index contributed by atoms with van der Waals surface area (Å²) in [5.74, 6) is 2.39. The van der Waals surface area contributed by atoms with E-state index in [1.54, 1.807) is 42.7 Å². The number of methoxy groups -OCH3 is 1. The number of piperazine rings is 1. The summed E-state index contributed by atoms with van der Waals surface area (Å²) < 4.78 is 48.8. The fraction of sp³-hybridized carbons (Fsp3) is 0.404. The highest BCUT2D eigenvalue weighted by atomic mass is 32.1. The summed E-state index contributed by atoms with van der Waals surface area (Å²) in [6.45, 7) is 13.8. The minimum atomic E-state index is -4.41. The molecule has 3 aliphatic heterocycles. The number of halogens is 3. The summed E-state index contributed by atoms with van der Waals surface area (Å²) in [6.07, 6.45) is -1.61. The number of phenols is 1. The van der Waals surface area contributed by atoms with Crippen LogP contribution in [0.5, 0.6) is 11.5 Å². The van der Waals surface area contributed by atoms with Gasteiger partial charge >= 0.3 is 6.18 Å². The van der Waals surface area contributed by atoms with Crippen LogP contribution in [0.25, 0.3) is 5.00 Å². The van der Waals surface area contributed by atoms with Gasteiger partial charge in [-0.3, -0.25) is 14.5 Å². The number of aromatic hydroxyl groups is 1. The van der Waals surface area contributed by atoms with Crippen LogP contribution in [0, 0.1) is 20.8 Å². The van der Waals surface area contributed by atoms with Gasteiger partial charge in [0.15, 0.2) is 5.82 Å². The van der Waals surface area contributed by atoms with Gasteiger partial charge in [0.1, 0.15) is 28.4 Å². The maximum atomic E-state index is 13.5. The predicted octanol–water partition coefficient (Wildman–Crippen LogP) is 9.91. The zero-order chi connectivity index (χ0) is 46.1. The number of aliphatic imine (C=N–C) groups is 1. The maximum Gasteiger partial charge on any atom is 0.416 e. The van der Waals surface area contributed by atoms with Crippen LogP contribution in [0.3, 0.4) is 0 Å². The van der Waals surface area contributed by atoms with Crippen molar-refractivity contribution in [2.45, 2.75) is 83.0 Å². The minimum Gasteiger partial charge on any atom is -0.508 e. The average Bonchev–Trinajstić information content (AvgIpc) is 3.80. The molecule has 0 radical (unpaired) electrons. The van der Waals surface area contributed by atoms with Gasteiger partial charge in [-0.25, -0.2) is 0 Å². The number of aromatic nitrogens is 3. The van der Waals surface area contributed by atoms with Gasteiger partial charge in [0.2, 0.25) is 0 Å². The van der Waals surface area contributed by atoms with Crippen molar-refractivity contribution in [2.75, 3.05) is 62.7 Å². The zero-order valence-corrected chi connectivity index (χ0v) is 38.9. The molecule has 6 aromatic rings. The summed E-state index contributed by atoms with van der Waals surface area (Å²) in [4.78, 5) is 13.6. The number of benzene rings is 4. The molecule has 5 heterocycles. The van der Waals surface area contributed by atoms with E-state index in [9.17, 15) is 23.4 Å². The van der Waals surface area contributed by atoms with Gasteiger partial charge in [-0.2, -0.15) is 13.2 Å². The number of aryl methyl sites for hydroxylation is 3. The van der Waals surface area contributed by atoms with Gasteiger partial charge in [0.25, 0.3) is 0 Å². The molecular formula is C52H56F3N7O3S. The first kappa shape index (κ1) is 44.2. The molecule has 1 aliphatic carbocycles. The predicted molar refractivity (Wildman–Crippen MR) is 254 cm³/mol. The smallest absolute Gasteiger partial charge is 0.416 e. The van der Waals surface area contributed by atoms with Crippen molar-refractivity contribution in [2.24, 2.45) is 4.99 Å². The maximum absolute atomic E-state index is 13.5. The number of alkyl halides is 3. The second-order valence-electron chi connectivity index (χ2n) is 18.6. The molecule has 66 heavy (non-hydrogen) atoms. The van der Waals surface area contributed by atoms with E-state index in [-0.39, 0.29) is 23.6 Å². The van der Waals surface area contributed by atoms with Gasteiger partial charge in [-0.1, -0.05) is 36.4 Å². The Morgan fingerprint density at radius 3 is 2.20 bits per heavy atom. The molecule has 0 saturated carbocycles. The van der Waals surface area contributed by atoms with Crippen LogP contribution in [0.2, 0.25) is 0 Å². The number of fused-ring (bicyclic) bond motifs is 4. The monoisotopic (exact) mass is 915 g/mol. The Labute approximate surface area is 388 Å². The van der Waals surface area contributed by atoms with Crippen molar-refractivity contribution in [3.63, 3.8) is 0 Å². The Bertz CT molecular complexity index is 2790. The first-order valence-corrected chi connectivity index (χ1v) is 23.8. The van der Waals surface area contributed by atoms with E-state index in [0.717, 1.165) is 119 Å². The van der Waals surface area contributed by atoms with Crippen LogP contribution < -0.4 is 14.5 Å². The summed E-state index contributed by atoms with van der Waals surface area (Å²) in [5, 5.41) is 32.2. The number of anilines is 2. The summed E-state index contributed by atoms with van der Waals surface area (Å²) in [7, 11) is 1.67. The van der Waals surface area contributed by atoms with Crippen molar-refractivity contribution in [3.8, 4) is 16.5 Å². The number of piperidine rings is 1. The van der Waals surface area contributed by atoms with Crippen LogP contribution in [-0.4, -0.2) is 94.1 Å². The fourth-order valence-electron chi connectivity index (χ4n) is 10.9. The number of rotatable bonds is 8. The third-order valence-electron chi connectivity index (χ3n) is 14.6. The number of nitrogens with zero attached hydrogens (tertiary/aromatic N) is 7. The largest absolute Gasteiger partial charge is 0.508 e. The van der Waals surface area contributed by atoms with Crippen LogP contribution in [0.4, 0.5) is 24.5 Å². The normalized spacial score (nSPS) is 20.9. The van der Waals surface area contributed by atoms with Crippen molar-refractivity contribution in [1.82, 2.24) is 19.7 Å². The number of phenolic OH excluding ortho intramolecular Hbond substituents is 1. The fourth-order valence-corrected chi connectivity index (χ4v) is 12.1. The molecule has 14 heteroatoms. The van der Waals surface area contributed by atoms with Gasteiger partial charge in [-0.15, -0.1) is 21.5 Å². The number of hydrogen-bond donors (Lipinski definition) is 2. The van der Waals surface area contributed by atoms with E-state index < -0.39 is 17.3 Å². The quantitative estimate of drug-likeness (QED) is 0.156. The molecule has 10 rings (SSSR count). The highest BCUT2D eigenvalue weighted by molar-refractivity contribution is 7.15. The van der Waals surface area contributed by atoms with Crippen LogP contribution in [0.1, 0.15) is 105 Å². The molecule has 344 valence electrons. The number of hydrogen-bond acceptors (Lipinski definition) is 10. The Morgan fingerprint density at radius 1 is 0.818 bits per heavy atom. The van der Waals surface area contributed by atoms with E-state index in [4.69, 9.17) is 9.73 Å². The SMILES string of the molecule is COc1cc(N2CCN(CC3(O)CCN(c4ccc(C5=N[C@@H](C)c6nnc(C)n6-c6sc(C)c(C)c65)cc4)CC3)CC2)ccc1[C@H]1c2ccc(O)cc2CC[C@H]1c1ccc(C(F)(F)F)cc1. The van der Waals surface area contributed by atoms with Crippen molar-refractivity contribution < 1.29 is 28.1 Å². The topological polar surface area (TPSA) is 102 Å². The zero-order valence-electron chi connectivity index (χ0n) is 38.1. The molecule has 2 fully saturated rings. The number of β-amino-alcohol motifs (C(OH)–C–C–N with tert-alkyl or cyclic N) is 1. The molecule has 10 nitrogen and oxygen atoms in total. The Kier molecular flexibility index (Phi) is 11.5. The van der Waals surface area contributed by atoms with Crippen molar-refractivity contribution in [3.05, 3.63) is 146 Å². The third kappa shape index (κ3) is 8.15. The number of aliphatic hydroxyl groups is 1. The lowest BCUT2D eigenvalue weighted by Gasteiger charge is -2.44. The summed E-state index contributed by atoms with van der Waals surface area (Å²) in [5.41, 5.74) is 9.10. The third-order valence-corrected chi connectivity index (χ3v) is 15.8. The molecule has 4 aromatic carbocycles. The molecule has 2 N–H and O–H groups in total. The lowest BCUT2D eigenvalue weighted by Crippen LogP contribution is -2.55. The second kappa shape index (κ2) is 17.2. The van der Waals surface area contributed by atoms with E-state index in [1.807, 2.05) is 13.0 Å². The number of thiophene rings is 1. The molecule has 2 aromatic heterocycles.